The van der Waals surface area contributed by atoms with Crippen LogP contribution in [0.25, 0.3) is 0 Å². The molecule has 102 valence electrons. The van der Waals surface area contributed by atoms with Crippen LogP contribution in [0.15, 0.2) is 24.3 Å². The second kappa shape index (κ2) is 5.95. The number of hydrogen-bond acceptors (Lipinski definition) is 4. The maximum absolute atomic E-state index is 11.1. The van der Waals surface area contributed by atoms with Gasteiger partial charge in [-0.1, -0.05) is 17.7 Å². The zero-order chi connectivity index (χ0) is 14.7. The molecule has 0 unspecified atom stereocenters. The number of aromatic carboxylic acids is 1. The van der Waals surface area contributed by atoms with E-state index >= 15 is 0 Å². The molecule has 0 spiro atoms. The van der Waals surface area contributed by atoms with E-state index in [9.17, 15) is 4.79 Å². The number of hydrogen-bond donors (Lipinski definition) is 1. The first kappa shape index (κ1) is 14.4. The summed E-state index contributed by atoms with van der Waals surface area (Å²) in [5.41, 5.74) is 1.17. The van der Waals surface area contributed by atoms with Crippen molar-refractivity contribution in [2.75, 3.05) is 0 Å². The lowest BCUT2D eigenvalue weighted by Crippen LogP contribution is -2.00. The molecule has 2 rings (SSSR count). The van der Waals surface area contributed by atoms with Crippen molar-refractivity contribution in [2.45, 2.75) is 13.5 Å². The summed E-state index contributed by atoms with van der Waals surface area (Å²) in [5.74, 6) is -0.676. The topological polar surface area (TPSA) is 70.3 Å². The van der Waals surface area contributed by atoms with Gasteiger partial charge in [0.25, 0.3) is 0 Å². The van der Waals surface area contributed by atoms with Crippen molar-refractivity contribution in [3.05, 3.63) is 50.2 Å². The van der Waals surface area contributed by atoms with E-state index in [1.807, 2.05) is 13.0 Å². The van der Waals surface area contributed by atoms with Gasteiger partial charge < -0.3 is 9.84 Å². The largest absolute Gasteiger partial charge is 0.487 e. The molecule has 1 heterocycles. The zero-order valence-electron chi connectivity index (χ0n) is 10.5. The molecule has 2 aromatic rings. The maximum Gasteiger partial charge on any atom is 0.349 e. The van der Waals surface area contributed by atoms with Crippen molar-refractivity contribution in [1.82, 2.24) is 0 Å². The Bertz CT molecular complexity index is 703. The van der Waals surface area contributed by atoms with Gasteiger partial charge in [-0.05, 0) is 25.1 Å². The Morgan fingerprint density at radius 1 is 1.50 bits per heavy atom. The molecule has 6 heteroatoms. The third kappa shape index (κ3) is 3.10. The number of thiophene rings is 1. The number of nitriles is 1. The van der Waals surface area contributed by atoms with Gasteiger partial charge in [0.15, 0.2) is 4.88 Å². The summed E-state index contributed by atoms with van der Waals surface area (Å²) in [6, 6.07) is 8.57. The summed E-state index contributed by atoms with van der Waals surface area (Å²) in [4.78, 5) is 12.1. The molecule has 1 aromatic heterocycles. The van der Waals surface area contributed by atoms with Crippen LogP contribution in [0.3, 0.4) is 0 Å². The molecule has 0 saturated heterocycles. The molecular formula is C14H10ClNO3S. The fourth-order valence-electron chi connectivity index (χ4n) is 1.64. The number of rotatable bonds is 4. The second-order valence-electron chi connectivity index (χ2n) is 4.06. The van der Waals surface area contributed by atoms with Crippen LogP contribution in [0.4, 0.5) is 0 Å². The van der Waals surface area contributed by atoms with E-state index < -0.39 is 5.97 Å². The second-order valence-corrected chi connectivity index (χ2v) is 5.73. The molecule has 0 aliphatic rings. The van der Waals surface area contributed by atoms with E-state index in [2.05, 4.69) is 0 Å². The van der Waals surface area contributed by atoms with Gasteiger partial charge in [0.1, 0.15) is 12.4 Å². The minimum absolute atomic E-state index is 0.154. The van der Waals surface area contributed by atoms with Crippen molar-refractivity contribution in [3.8, 4) is 11.8 Å². The lowest BCUT2D eigenvalue weighted by molar-refractivity contribution is 0.0697. The zero-order valence-corrected chi connectivity index (χ0v) is 12.1. The Hall–Kier alpha value is -2.03. The Morgan fingerprint density at radius 2 is 2.25 bits per heavy atom. The first-order chi connectivity index (χ1) is 9.51. The van der Waals surface area contributed by atoms with Crippen LogP contribution >= 0.6 is 22.9 Å². The number of nitrogens with zero attached hydrogens (tertiary/aromatic N) is 1. The maximum atomic E-state index is 11.1. The van der Waals surface area contributed by atoms with Crippen LogP contribution in [-0.4, -0.2) is 11.1 Å². The number of ether oxygens (including phenoxy) is 1. The highest BCUT2D eigenvalue weighted by atomic mass is 35.5. The third-order valence-corrected chi connectivity index (χ3v) is 3.95. The fourth-order valence-corrected chi connectivity index (χ4v) is 2.67. The highest BCUT2D eigenvalue weighted by Crippen LogP contribution is 2.30. The van der Waals surface area contributed by atoms with Crippen LogP contribution in [0, 0.1) is 18.3 Å². The third-order valence-electron chi connectivity index (χ3n) is 2.58. The number of benzene rings is 1. The van der Waals surface area contributed by atoms with E-state index in [-0.39, 0.29) is 11.5 Å². The number of halogens is 1. The molecule has 20 heavy (non-hydrogen) atoms. The van der Waals surface area contributed by atoms with E-state index in [0.717, 1.165) is 4.88 Å². The van der Waals surface area contributed by atoms with Crippen molar-refractivity contribution >= 4 is 28.9 Å². The van der Waals surface area contributed by atoms with Gasteiger partial charge in [-0.25, -0.2) is 4.79 Å². The van der Waals surface area contributed by atoms with Gasteiger partial charge in [0, 0.05) is 15.5 Å². The summed E-state index contributed by atoms with van der Waals surface area (Å²) in [6.07, 6.45) is 0. The van der Waals surface area contributed by atoms with Crippen LogP contribution in [0.5, 0.6) is 5.75 Å². The van der Waals surface area contributed by atoms with Crippen LogP contribution in [0.2, 0.25) is 5.02 Å². The number of carboxylic acids is 1. The van der Waals surface area contributed by atoms with Crippen molar-refractivity contribution in [2.24, 2.45) is 0 Å². The summed E-state index contributed by atoms with van der Waals surface area (Å²) >= 11 is 7.20. The van der Waals surface area contributed by atoms with Gasteiger partial charge in [-0.2, -0.15) is 5.26 Å². The Kier molecular flexibility index (Phi) is 4.28. The lowest BCUT2D eigenvalue weighted by Gasteiger charge is -2.07. The normalized spacial score (nSPS) is 10.1. The lowest BCUT2D eigenvalue weighted by atomic mass is 10.1. The molecule has 1 aromatic carbocycles. The Labute approximate surface area is 124 Å². The number of carboxylic acid groups (broad SMARTS) is 1. The van der Waals surface area contributed by atoms with Gasteiger partial charge in [0.2, 0.25) is 0 Å². The molecule has 0 aliphatic carbocycles. The molecule has 0 saturated carbocycles. The smallest absolute Gasteiger partial charge is 0.349 e. The molecule has 0 bridgehead atoms. The minimum Gasteiger partial charge on any atom is -0.487 e. The molecule has 0 fully saturated rings. The Morgan fingerprint density at radius 3 is 2.85 bits per heavy atom. The van der Waals surface area contributed by atoms with Crippen LogP contribution in [0.1, 0.15) is 25.7 Å². The molecule has 4 nitrogen and oxygen atoms in total. The first-order valence-electron chi connectivity index (χ1n) is 5.66. The summed E-state index contributed by atoms with van der Waals surface area (Å²) in [5, 5.41) is 18.2. The monoisotopic (exact) mass is 307 g/mol. The predicted molar refractivity (Wildman–Crippen MR) is 76.5 cm³/mol. The van der Waals surface area contributed by atoms with Crippen LogP contribution < -0.4 is 4.74 Å². The number of carbonyl (C=O) groups is 1. The molecule has 1 N–H and O–H groups in total. The molecule has 0 atom stereocenters. The van der Waals surface area contributed by atoms with Crippen LogP contribution in [-0.2, 0) is 6.61 Å². The molecule has 0 amide bonds. The molecular weight excluding hydrogens is 298 g/mol. The highest BCUT2D eigenvalue weighted by molar-refractivity contribution is 7.14. The first-order valence-corrected chi connectivity index (χ1v) is 6.85. The van der Waals surface area contributed by atoms with E-state index in [1.54, 1.807) is 24.3 Å². The van der Waals surface area contributed by atoms with Gasteiger partial charge >= 0.3 is 5.97 Å². The molecule has 0 aliphatic heterocycles. The standard InChI is InChI=1S/C14H10ClNO3S/c1-8-4-12(13(20-8)14(17)18)19-7-10-3-2-9(6-16)5-11(10)15/h2-5H,7H2,1H3,(H,17,18). The average Bonchev–Trinajstić information content (AvgIpc) is 2.78. The Balaban J connectivity index is 2.17. The van der Waals surface area contributed by atoms with E-state index in [0.29, 0.717) is 21.9 Å². The van der Waals surface area contributed by atoms with Gasteiger partial charge in [-0.15, -0.1) is 11.3 Å². The molecule has 0 radical (unpaired) electrons. The van der Waals surface area contributed by atoms with Crippen molar-refractivity contribution < 1.29 is 14.6 Å². The van der Waals surface area contributed by atoms with E-state index in [4.69, 9.17) is 26.7 Å². The summed E-state index contributed by atoms with van der Waals surface area (Å²) in [7, 11) is 0. The predicted octanol–water partition coefficient (Wildman–Crippen LogP) is 3.86. The average molecular weight is 308 g/mol. The minimum atomic E-state index is -1.01. The fraction of sp³-hybridized carbons (Fsp3) is 0.143. The SMILES string of the molecule is Cc1cc(OCc2ccc(C#N)cc2Cl)c(C(=O)O)s1. The van der Waals surface area contributed by atoms with Gasteiger partial charge in [-0.3, -0.25) is 0 Å². The summed E-state index contributed by atoms with van der Waals surface area (Å²) < 4.78 is 5.52. The number of aryl methyl sites for hydroxylation is 1. The quantitative estimate of drug-likeness (QED) is 0.931. The highest BCUT2D eigenvalue weighted by Gasteiger charge is 2.15. The van der Waals surface area contributed by atoms with Crippen molar-refractivity contribution in [3.63, 3.8) is 0 Å². The van der Waals surface area contributed by atoms with E-state index in [1.165, 1.54) is 11.3 Å². The van der Waals surface area contributed by atoms with Gasteiger partial charge in [0.05, 0.1) is 11.6 Å². The van der Waals surface area contributed by atoms with Crippen molar-refractivity contribution in [1.29, 1.82) is 5.26 Å². The summed E-state index contributed by atoms with van der Waals surface area (Å²) in [6.45, 7) is 1.97.